The summed E-state index contributed by atoms with van der Waals surface area (Å²) in [7, 11) is -3.54. The van der Waals surface area contributed by atoms with Crippen molar-refractivity contribution >= 4 is 21.6 Å². The number of carbonyl (C=O) groups excluding carboxylic acids is 1. The van der Waals surface area contributed by atoms with Crippen molar-refractivity contribution in [2.24, 2.45) is 0 Å². The van der Waals surface area contributed by atoms with Crippen molar-refractivity contribution in [3.63, 3.8) is 0 Å². The number of carbonyl (C=O) groups is 1. The van der Waals surface area contributed by atoms with Crippen LogP contribution in [0.2, 0.25) is 0 Å². The molecule has 2 aromatic carbocycles. The monoisotopic (exact) mass is 404 g/mol. The molecule has 3 rings (SSSR count). The van der Waals surface area contributed by atoms with E-state index in [2.05, 4.69) is 20.2 Å². The second kappa shape index (κ2) is 7.77. The van der Waals surface area contributed by atoms with E-state index >= 15 is 0 Å². The molecule has 0 fully saturated rings. The number of anilines is 1. The van der Waals surface area contributed by atoms with Gasteiger partial charge in [-0.3, -0.25) is 9.52 Å². The smallest absolute Gasteiger partial charge is 0.254 e. The molecule has 0 saturated carbocycles. The van der Waals surface area contributed by atoms with Crippen molar-refractivity contribution in [1.82, 2.24) is 15.5 Å². The number of sulfonamides is 1. The van der Waals surface area contributed by atoms with Crippen molar-refractivity contribution < 1.29 is 22.1 Å². The molecule has 0 radical (unpaired) electrons. The normalized spacial score (nSPS) is 12.4. The quantitative estimate of drug-likeness (QED) is 0.653. The van der Waals surface area contributed by atoms with Crippen LogP contribution in [0.25, 0.3) is 11.4 Å². The Kier molecular flexibility index (Phi) is 5.41. The zero-order valence-corrected chi connectivity index (χ0v) is 15.8. The molecule has 0 bridgehead atoms. The van der Waals surface area contributed by atoms with Gasteiger partial charge in [0.1, 0.15) is 11.9 Å². The van der Waals surface area contributed by atoms with E-state index < -0.39 is 22.0 Å². The Balaban J connectivity index is 1.76. The first-order valence-corrected chi connectivity index (χ1v) is 10.1. The lowest BCUT2D eigenvalue weighted by Crippen LogP contribution is -2.28. The molecule has 0 aliphatic carbocycles. The summed E-state index contributed by atoms with van der Waals surface area (Å²) in [5.41, 5.74) is 0.878. The minimum Gasteiger partial charge on any atom is -0.340 e. The molecular weight excluding hydrogens is 387 g/mol. The summed E-state index contributed by atoms with van der Waals surface area (Å²) in [6.45, 7) is 1.65. The van der Waals surface area contributed by atoms with Crippen LogP contribution in [-0.4, -0.2) is 30.7 Å². The van der Waals surface area contributed by atoms with Crippen LogP contribution in [-0.2, 0) is 10.0 Å². The molecule has 8 nitrogen and oxygen atoms in total. The van der Waals surface area contributed by atoms with Crippen LogP contribution >= 0.6 is 0 Å². The Morgan fingerprint density at radius 3 is 2.50 bits per heavy atom. The Hall–Kier alpha value is -3.27. The minimum atomic E-state index is -3.54. The number of benzene rings is 2. The molecule has 1 heterocycles. The Labute approximate surface area is 160 Å². The Morgan fingerprint density at radius 1 is 1.14 bits per heavy atom. The van der Waals surface area contributed by atoms with Crippen molar-refractivity contribution in [2.45, 2.75) is 13.0 Å². The van der Waals surface area contributed by atoms with Gasteiger partial charge in [-0.25, -0.2) is 12.8 Å². The maximum atomic E-state index is 13.0. The van der Waals surface area contributed by atoms with E-state index in [1.54, 1.807) is 19.1 Å². The summed E-state index contributed by atoms with van der Waals surface area (Å²) in [5, 5.41) is 6.51. The summed E-state index contributed by atoms with van der Waals surface area (Å²) in [5.74, 6) is -0.480. The first-order chi connectivity index (χ1) is 13.2. The summed E-state index contributed by atoms with van der Waals surface area (Å²) in [6, 6.07) is 11.2. The average molecular weight is 404 g/mol. The maximum Gasteiger partial charge on any atom is 0.254 e. The summed E-state index contributed by atoms with van der Waals surface area (Å²) in [4.78, 5) is 16.8. The molecule has 10 heteroatoms. The number of aromatic nitrogens is 2. The number of hydrogen-bond acceptors (Lipinski definition) is 6. The molecule has 28 heavy (non-hydrogen) atoms. The molecule has 1 unspecified atom stereocenters. The Morgan fingerprint density at radius 2 is 1.82 bits per heavy atom. The van der Waals surface area contributed by atoms with Crippen molar-refractivity contribution in [3.05, 3.63) is 65.8 Å². The highest BCUT2D eigenvalue weighted by atomic mass is 32.2. The van der Waals surface area contributed by atoms with Gasteiger partial charge in [0, 0.05) is 5.56 Å². The van der Waals surface area contributed by atoms with Gasteiger partial charge in [0.15, 0.2) is 0 Å². The van der Waals surface area contributed by atoms with Crippen LogP contribution < -0.4 is 10.0 Å². The average Bonchev–Trinajstić information content (AvgIpc) is 3.11. The van der Waals surface area contributed by atoms with Gasteiger partial charge in [-0.05, 0) is 43.3 Å². The van der Waals surface area contributed by atoms with Crippen LogP contribution in [0.4, 0.5) is 10.1 Å². The molecule has 0 spiro atoms. The topological polar surface area (TPSA) is 114 Å². The molecule has 2 N–H and O–H groups in total. The van der Waals surface area contributed by atoms with Crippen LogP contribution in [0.5, 0.6) is 0 Å². The highest BCUT2D eigenvalue weighted by molar-refractivity contribution is 7.92. The zero-order valence-electron chi connectivity index (χ0n) is 15.0. The van der Waals surface area contributed by atoms with E-state index in [1.165, 1.54) is 36.4 Å². The second-order valence-corrected chi connectivity index (χ2v) is 7.83. The lowest BCUT2D eigenvalue weighted by molar-refractivity contribution is 0.0933. The van der Waals surface area contributed by atoms with E-state index in [0.717, 1.165) is 6.26 Å². The van der Waals surface area contributed by atoms with Gasteiger partial charge in [0.05, 0.1) is 17.5 Å². The molecule has 3 aromatic rings. The van der Waals surface area contributed by atoms with Gasteiger partial charge in [-0.2, -0.15) is 4.98 Å². The molecular formula is C18H17FN4O4S. The number of amides is 1. The number of halogens is 1. The number of para-hydroxylation sites is 1. The minimum absolute atomic E-state index is 0.151. The van der Waals surface area contributed by atoms with Gasteiger partial charge in [-0.15, -0.1) is 0 Å². The predicted octanol–water partition coefficient (Wildman–Crippen LogP) is 2.74. The number of nitrogens with zero attached hydrogens (tertiary/aromatic N) is 2. The lowest BCUT2D eigenvalue weighted by atomic mass is 10.1. The summed E-state index contributed by atoms with van der Waals surface area (Å²) >= 11 is 0. The molecule has 1 aromatic heterocycles. The van der Waals surface area contributed by atoms with Gasteiger partial charge in [-0.1, -0.05) is 17.3 Å². The largest absolute Gasteiger partial charge is 0.340 e. The lowest BCUT2D eigenvalue weighted by Gasteiger charge is -2.13. The molecule has 146 valence electrons. The van der Waals surface area contributed by atoms with E-state index in [1.807, 2.05) is 0 Å². The first kappa shape index (κ1) is 19.5. The fourth-order valence-electron chi connectivity index (χ4n) is 2.43. The van der Waals surface area contributed by atoms with Crippen LogP contribution in [0.3, 0.4) is 0 Å². The van der Waals surface area contributed by atoms with Crippen molar-refractivity contribution in [2.75, 3.05) is 11.0 Å². The SMILES string of the molecule is CC(NC(=O)c1ccccc1NS(C)(=O)=O)c1nc(-c2ccc(F)cc2)no1. The van der Waals surface area contributed by atoms with Crippen molar-refractivity contribution in [3.8, 4) is 11.4 Å². The number of hydrogen-bond donors (Lipinski definition) is 2. The summed E-state index contributed by atoms with van der Waals surface area (Å²) < 4.78 is 43.5. The highest BCUT2D eigenvalue weighted by Gasteiger charge is 2.20. The standard InChI is InChI=1S/C18H17FN4O4S/c1-11(18-21-16(22-27-18)12-7-9-13(19)10-8-12)20-17(24)14-5-3-4-6-15(14)23-28(2,25)26/h3-11,23H,1-2H3,(H,20,24). The van der Waals surface area contributed by atoms with Gasteiger partial charge >= 0.3 is 0 Å². The van der Waals surface area contributed by atoms with Crippen LogP contribution in [0.1, 0.15) is 29.2 Å². The van der Waals surface area contributed by atoms with E-state index in [9.17, 15) is 17.6 Å². The first-order valence-electron chi connectivity index (χ1n) is 8.20. The second-order valence-electron chi connectivity index (χ2n) is 6.08. The third-order valence-electron chi connectivity index (χ3n) is 3.73. The fraction of sp³-hybridized carbons (Fsp3) is 0.167. The van der Waals surface area contributed by atoms with E-state index in [4.69, 9.17) is 4.52 Å². The summed E-state index contributed by atoms with van der Waals surface area (Å²) in [6.07, 6.45) is 1.000. The van der Waals surface area contributed by atoms with E-state index in [-0.39, 0.29) is 28.8 Å². The van der Waals surface area contributed by atoms with E-state index in [0.29, 0.717) is 5.56 Å². The fourth-order valence-corrected chi connectivity index (χ4v) is 3.01. The van der Waals surface area contributed by atoms with Gasteiger partial charge < -0.3 is 9.84 Å². The Bertz CT molecular complexity index is 1100. The molecule has 0 aliphatic heterocycles. The number of nitrogens with one attached hydrogen (secondary N) is 2. The van der Waals surface area contributed by atoms with Crippen molar-refractivity contribution in [1.29, 1.82) is 0 Å². The third kappa shape index (κ3) is 4.71. The molecule has 1 amide bonds. The van der Waals surface area contributed by atoms with Gasteiger partial charge in [0.2, 0.25) is 21.7 Å². The third-order valence-corrected chi connectivity index (χ3v) is 4.32. The maximum absolute atomic E-state index is 13.0. The van der Waals surface area contributed by atoms with Crippen LogP contribution in [0.15, 0.2) is 53.1 Å². The zero-order chi connectivity index (χ0) is 20.3. The van der Waals surface area contributed by atoms with Crippen LogP contribution in [0, 0.1) is 5.82 Å². The molecule has 0 aliphatic rings. The predicted molar refractivity (Wildman–Crippen MR) is 100 cm³/mol. The highest BCUT2D eigenvalue weighted by Crippen LogP contribution is 2.21. The molecule has 0 saturated heterocycles. The number of rotatable bonds is 6. The van der Waals surface area contributed by atoms with Gasteiger partial charge in [0.25, 0.3) is 5.91 Å². The molecule has 1 atom stereocenters.